The van der Waals surface area contributed by atoms with Crippen molar-refractivity contribution in [2.24, 2.45) is 0 Å². The second-order valence-corrected chi connectivity index (χ2v) is 3.55. The normalized spacial score (nSPS) is 17.4. The van der Waals surface area contributed by atoms with E-state index >= 15 is 0 Å². The molecule has 0 aliphatic rings. The second-order valence-electron chi connectivity index (χ2n) is 3.55. The molecule has 18 heavy (non-hydrogen) atoms. The largest absolute Gasteiger partial charge is 0.497 e. The van der Waals surface area contributed by atoms with Gasteiger partial charge in [0.1, 0.15) is 5.75 Å². The summed E-state index contributed by atoms with van der Waals surface area (Å²) >= 11 is 0. The molecule has 0 aliphatic heterocycles. The van der Waals surface area contributed by atoms with E-state index in [4.69, 9.17) is 15.7 Å². The Balaban J connectivity index is 2.94. The van der Waals surface area contributed by atoms with Crippen LogP contribution in [0.15, 0.2) is 36.3 Å². The molecule has 0 fully saturated rings. The standard InChI is InChI=1S/C15H17NO2/c1-11(17)16-9-8-13-5-3-4-12-6-7-14(18-2)10-15(12)13/h3-7,10H,8-9H2,1-2H3,(H,16,17)/i3D,4D,5D,6D,7D,9D2,10D. The van der Waals surface area contributed by atoms with Gasteiger partial charge in [-0.2, -0.15) is 0 Å². The number of amides is 1. The topological polar surface area (TPSA) is 38.3 Å². The van der Waals surface area contributed by atoms with Crippen molar-refractivity contribution < 1.29 is 20.5 Å². The highest BCUT2D eigenvalue weighted by molar-refractivity contribution is 5.87. The molecule has 0 aromatic heterocycles. The number of carbonyl (C=O) groups is 1. The van der Waals surface area contributed by atoms with Gasteiger partial charge >= 0.3 is 0 Å². The van der Waals surface area contributed by atoms with Crippen LogP contribution in [0.25, 0.3) is 10.8 Å². The molecule has 3 nitrogen and oxygen atoms in total. The Labute approximate surface area is 118 Å². The van der Waals surface area contributed by atoms with Crippen LogP contribution < -0.4 is 10.1 Å². The number of hydrogen-bond acceptors (Lipinski definition) is 2. The maximum absolute atomic E-state index is 11.2. The molecule has 2 rings (SSSR count). The third kappa shape index (κ3) is 2.80. The maximum Gasteiger partial charge on any atom is 0.216 e. The zero-order chi connectivity index (χ0) is 20.0. The van der Waals surface area contributed by atoms with Gasteiger partial charge in [-0.1, -0.05) is 24.2 Å². The lowest BCUT2D eigenvalue weighted by atomic mass is 10.0. The van der Waals surface area contributed by atoms with Crippen LogP contribution in [0, 0.1) is 0 Å². The van der Waals surface area contributed by atoms with Crippen LogP contribution in [0.2, 0.25) is 0 Å². The number of aryl methyl sites for hydroxylation is 1. The summed E-state index contributed by atoms with van der Waals surface area (Å²) in [6, 6.07) is -2.71. The molecule has 2 aromatic carbocycles. The van der Waals surface area contributed by atoms with Gasteiger partial charge < -0.3 is 10.1 Å². The van der Waals surface area contributed by atoms with E-state index in [0.717, 1.165) is 6.92 Å². The molecular weight excluding hydrogens is 226 g/mol. The Morgan fingerprint density at radius 2 is 2.28 bits per heavy atom. The van der Waals surface area contributed by atoms with Gasteiger partial charge in [-0.05, 0) is 34.8 Å². The molecule has 0 saturated heterocycles. The van der Waals surface area contributed by atoms with Gasteiger partial charge in [0.05, 0.1) is 15.3 Å². The van der Waals surface area contributed by atoms with Gasteiger partial charge in [-0.15, -0.1) is 0 Å². The molecule has 0 spiro atoms. The summed E-state index contributed by atoms with van der Waals surface area (Å²) in [6.07, 6.45) is -0.542. The molecule has 0 bridgehead atoms. The minimum Gasteiger partial charge on any atom is -0.497 e. The first-order valence-electron chi connectivity index (χ1n) is 9.27. The first-order chi connectivity index (χ1) is 11.9. The monoisotopic (exact) mass is 251 g/mol. The van der Waals surface area contributed by atoms with Crippen LogP contribution in [-0.4, -0.2) is 19.5 Å². The van der Waals surface area contributed by atoms with E-state index in [-0.39, 0.29) is 28.1 Å². The molecular formula is C15H17NO2. The second kappa shape index (κ2) is 5.54. The van der Waals surface area contributed by atoms with E-state index in [0.29, 0.717) is 0 Å². The Morgan fingerprint density at radius 3 is 3.00 bits per heavy atom. The van der Waals surface area contributed by atoms with Crippen molar-refractivity contribution in [2.75, 3.05) is 13.6 Å². The van der Waals surface area contributed by atoms with E-state index in [9.17, 15) is 4.79 Å². The van der Waals surface area contributed by atoms with E-state index < -0.39 is 49.0 Å². The van der Waals surface area contributed by atoms with Gasteiger partial charge in [-0.25, -0.2) is 0 Å². The molecule has 0 heterocycles. The zero-order valence-electron chi connectivity index (χ0n) is 18.0. The van der Waals surface area contributed by atoms with Gasteiger partial charge in [0, 0.05) is 16.2 Å². The first-order valence-corrected chi connectivity index (χ1v) is 5.27. The number of benzene rings is 2. The highest BCUT2D eigenvalue weighted by Crippen LogP contribution is 2.24. The number of ether oxygens (including phenoxy) is 1. The van der Waals surface area contributed by atoms with Crippen LogP contribution >= 0.6 is 0 Å². The minimum atomic E-state index is -2.27. The first kappa shape index (κ1) is 5.74. The molecule has 0 unspecified atom stereocenters. The van der Waals surface area contributed by atoms with E-state index in [1.807, 2.05) is 0 Å². The summed E-state index contributed by atoms with van der Waals surface area (Å²) in [7, 11) is 1.22. The van der Waals surface area contributed by atoms with Crippen molar-refractivity contribution >= 4 is 16.7 Å². The Bertz CT molecular complexity index is 913. The number of hydrogen-bond donors (Lipinski definition) is 1. The van der Waals surface area contributed by atoms with Crippen molar-refractivity contribution in [3.8, 4) is 5.75 Å². The van der Waals surface area contributed by atoms with Gasteiger partial charge in [0.25, 0.3) is 0 Å². The molecule has 2 aromatic rings. The van der Waals surface area contributed by atoms with Crippen molar-refractivity contribution in [3.63, 3.8) is 0 Å². The van der Waals surface area contributed by atoms with Crippen LogP contribution in [0.3, 0.4) is 0 Å². The third-order valence-corrected chi connectivity index (χ3v) is 2.23. The van der Waals surface area contributed by atoms with E-state index in [1.54, 1.807) is 0 Å². The summed E-state index contributed by atoms with van der Waals surface area (Å²) in [4.78, 5) is 11.2. The number of nitrogens with one attached hydrogen (secondary N) is 1. The summed E-state index contributed by atoms with van der Waals surface area (Å²) in [5, 5.41) is 1.82. The van der Waals surface area contributed by atoms with Gasteiger partial charge in [0.2, 0.25) is 5.91 Å². The number of methoxy groups -OCH3 is 1. The highest BCUT2D eigenvalue weighted by Gasteiger charge is 2.03. The fourth-order valence-electron chi connectivity index (χ4n) is 1.43. The number of fused-ring (bicyclic) bond motifs is 1. The van der Waals surface area contributed by atoms with Crippen molar-refractivity contribution in [2.45, 2.75) is 13.3 Å². The number of carbonyl (C=O) groups excluding carboxylic acids is 1. The number of rotatable bonds is 4. The average Bonchev–Trinajstić information content (AvgIpc) is 2.52. The van der Waals surface area contributed by atoms with E-state index in [2.05, 4.69) is 5.32 Å². The van der Waals surface area contributed by atoms with Crippen molar-refractivity contribution in [1.29, 1.82) is 0 Å². The molecule has 0 radical (unpaired) electrons. The summed E-state index contributed by atoms with van der Waals surface area (Å²) in [5.74, 6) is -0.868. The quantitative estimate of drug-likeness (QED) is 0.906. The van der Waals surface area contributed by atoms with Gasteiger partial charge in [-0.3, -0.25) is 4.79 Å². The smallest absolute Gasteiger partial charge is 0.216 e. The lowest BCUT2D eigenvalue weighted by molar-refractivity contribution is -0.118. The summed E-state index contributed by atoms with van der Waals surface area (Å²) in [5.41, 5.74) is -0.100. The fraction of sp³-hybridized carbons (Fsp3) is 0.267. The predicted octanol–water partition coefficient (Wildman–Crippen LogP) is 2.53. The zero-order valence-corrected chi connectivity index (χ0v) is 10.0. The summed E-state index contributed by atoms with van der Waals surface area (Å²) in [6.45, 7) is -1.14. The molecule has 1 N–H and O–H groups in total. The predicted molar refractivity (Wildman–Crippen MR) is 72.9 cm³/mol. The van der Waals surface area contributed by atoms with Crippen LogP contribution in [0.4, 0.5) is 0 Å². The van der Waals surface area contributed by atoms with Crippen molar-refractivity contribution in [3.05, 3.63) is 41.8 Å². The lowest BCUT2D eigenvalue weighted by Crippen LogP contribution is -2.22. The summed E-state index contributed by atoms with van der Waals surface area (Å²) < 4.78 is 69.2. The van der Waals surface area contributed by atoms with Crippen LogP contribution in [-0.2, 0) is 11.2 Å². The maximum atomic E-state index is 11.2. The van der Waals surface area contributed by atoms with Gasteiger partial charge in [0.15, 0.2) is 0 Å². The fourth-order valence-corrected chi connectivity index (χ4v) is 1.43. The Morgan fingerprint density at radius 1 is 1.44 bits per heavy atom. The van der Waals surface area contributed by atoms with Crippen LogP contribution in [0.5, 0.6) is 5.75 Å². The Hall–Kier alpha value is -2.03. The molecule has 0 saturated carbocycles. The lowest BCUT2D eigenvalue weighted by Gasteiger charge is -2.08. The molecule has 0 atom stereocenters. The Kier molecular flexibility index (Phi) is 1.77. The highest BCUT2D eigenvalue weighted by atomic mass is 16.5. The SMILES string of the molecule is [2H]c1c([2H])c(CC([2H])([2H])NC(C)=O)c2c([2H])c(OC)c([2H])c([2H])c2c1[2H]. The molecule has 94 valence electrons. The minimum absolute atomic E-state index is 0.0944. The van der Waals surface area contributed by atoms with E-state index in [1.165, 1.54) is 7.11 Å². The van der Waals surface area contributed by atoms with Crippen LogP contribution in [0.1, 0.15) is 23.5 Å². The third-order valence-electron chi connectivity index (χ3n) is 2.23. The molecule has 1 amide bonds. The molecule has 3 heteroatoms. The van der Waals surface area contributed by atoms with Crippen molar-refractivity contribution in [1.82, 2.24) is 5.32 Å². The average molecular weight is 251 g/mol. The molecule has 0 aliphatic carbocycles.